The van der Waals surface area contributed by atoms with Crippen molar-refractivity contribution in [2.45, 2.75) is 26.2 Å². The van der Waals surface area contributed by atoms with Crippen molar-refractivity contribution in [2.24, 2.45) is 0 Å². The Hall–Kier alpha value is -1.25. The van der Waals surface area contributed by atoms with Crippen LogP contribution in [0.4, 0.5) is 8.78 Å². The smallest absolute Gasteiger partial charge is 0.242 e. The monoisotopic (exact) mass is 198 g/mol. The van der Waals surface area contributed by atoms with Gasteiger partial charge in [-0.3, -0.25) is 4.79 Å². The molecule has 0 fully saturated rings. The van der Waals surface area contributed by atoms with Crippen molar-refractivity contribution in [3.8, 4) is 0 Å². The van der Waals surface area contributed by atoms with E-state index in [-0.39, 0.29) is 12.2 Å². The Morgan fingerprint density at radius 2 is 2.00 bits per heavy atom. The van der Waals surface area contributed by atoms with E-state index in [0.717, 1.165) is 5.56 Å². The molecule has 0 atom stereocenters. The van der Waals surface area contributed by atoms with Crippen molar-refractivity contribution in [1.82, 2.24) is 0 Å². The minimum atomic E-state index is -2.33. The van der Waals surface area contributed by atoms with Gasteiger partial charge in [-0.2, -0.15) is 0 Å². The van der Waals surface area contributed by atoms with E-state index in [0.29, 0.717) is 12.0 Å². The summed E-state index contributed by atoms with van der Waals surface area (Å²) in [7, 11) is 0. The molecule has 0 aromatic heterocycles. The van der Waals surface area contributed by atoms with Crippen LogP contribution >= 0.6 is 0 Å². The van der Waals surface area contributed by atoms with E-state index in [2.05, 4.69) is 0 Å². The molecule has 1 aromatic rings. The lowest BCUT2D eigenvalue weighted by Crippen LogP contribution is -2.00. The molecule has 14 heavy (non-hydrogen) atoms. The molecule has 1 nitrogen and oxygen atoms in total. The van der Waals surface area contributed by atoms with Crippen molar-refractivity contribution in [3.63, 3.8) is 0 Å². The highest BCUT2D eigenvalue weighted by atomic mass is 19.3. The second-order valence-corrected chi connectivity index (χ2v) is 3.29. The first-order valence-corrected chi connectivity index (χ1v) is 4.43. The van der Waals surface area contributed by atoms with Crippen LogP contribution in [0.5, 0.6) is 0 Å². The van der Waals surface area contributed by atoms with Crippen LogP contribution in [-0.2, 0) is 17.6 Å². The highest BCUT2D eigenvalue weighted by molar-refractivity contribution is 5.78. The van der Waals surface area contributed by atoms with Crippen LogP contribution in [0, 0.1) is 0 Å². The Bertz CT molecular complexity index is 321. The fraction of sp³-hybridized carbons (Fsp3) is 0.364. The number of hydrogen-bond acceptors (Lipinski definition) is 1. The molecule has 0 amide bonds. The summed E-state index contributed by atoms with van der Waals surface area (Å²) < 4.78 is 24.1. The molecule has 0 radical (unpaired) electrons. The van der Waals surface area contributed by atoms with E-state index in [1.165, 1.54) is 6.92 Å². The van der Waals surface area contributed by atoms with Crippen molar-refractivity contribution in [2.75, 3.05) is 0 Å². The van der Waals surface area contributed by atoms with Crippen molar-refractivity contribution in [1.29, 1.82) is 0 Å². The molecule has 1 rings (SSSR count). The van der Waals surface area contributed by atoms with E-state index >= 15 is 0 Å². The zero-order valence-corrected chi connectivity index (χ0v) is 7.97. The number of benzene rings is 1. The summed E-state index contributed by atoms with van der Waals surface area (Å²) in [5.41, 5.74) is 1.38. The molecule has 76 valence electrons. The van der Waals surface area contributed by atoms with Crippen LogP contribution in [0.15, 0.2) is 24.3 Å². The maximum atomic E-state index is 12.0. The maximum absolute atomic E-state index is 12.0. The number of alkyl halides is 2. The molecule has 0 saturated carbocycles. The standard InChI is InChI=1S/C11H12F2O/c1-8(14)5-9-3-2-4-10(6-9)7-11(12)13/h2-4,6,11H,5,7H2,1H3. The van der Waals surface area contributed by atoms with Gasteiger partial charge in [-0.05, 0) is 18.1 Å². The zero-order chi connectivity index (χ0) is 10.6. The molecule has 0 aliphatic rings. The van der Waals surface area contributed by atoms with Crippen LogP contribution < -0.4 is 0 Å². The Kier molecular flexibility index (Phi) is 3.74. The summed E-state index contributed by atoms with van der Waals surface area (Å²) in [6.07, 6.45) is -2.26. The lowest BCUT2D eigenvalue weighted by Gasteiger charge is -2.03. The maximum Gasteiger partial charge on any atom is 0.242 e. The Morgan fingerprint density at radius 3 is 2.57 bits per heavy atom. The molecule has 0 unspecified atom stereocenters. The van der Waals surface area contributed by atoms with E-state index in [1.807, 2.05) is 0 Å². The van der Waals surface area contributed by atoms with Crippen LogP contribution in [0.1, 0.15) is 18.1 Å². The fourth-order valence-electron chi connectivity index (χ4n) is 1.33. The highest BCUT2D eigenvalue weighted by Crippen LogP contribution is 2.10. The number of rotatable bonds is 4. The predicted molar refractivity (Wildman–Crippen MR) is 50.5 cm³/mol. The van der Waals surface area contributed by atoms with E-state index in [9.17, 15) is 13.6 Å². The summed E-state index contributed by atoms with van der Waals surface area (Å²) in [5, 5.41) is 0. The third kappa shape index (κ3) is 3.64. The van der Waals surface area contributed by atoms with Crippen molar-refractivity contribution in [3.05, 3.63) is 35.4 Å². The molecule has 0 bridgehead atoms. The molecule has 0 heterocycles. The van der Waals surface area contributed by atoms with Gasteiger partial charge in [0.2, 0.25) is 6.43 Å². The molecular weight excluding hydrogens is 186 g/mol. The summed E-state index contributed by atoms with van der Waals surface area (Å²) in [4.78, 5) is 10.8. The number of Topliss-reactive ketones (excluding diaryl/α,β-unsaturated/α-hetero) is 1. The number of ketones is 1. The molecule has 0 saturated heterocycles. The first-order valence-electron chi connectivity index (χ1n) is 4.43. The Labute approximate surface area is 81.7 Å². The minimum absolute atomic E-state index is 0.0409. The molecule has 1 aromatic carbocycles. The number of hydrogen-bond donors (Lipinski definition) is 0. The van der Waals surface area contributed by atoms with Gasteiger partial charge in [0.25, 0.3) is 0 Å². The third-order valence-electron chi connectivity index (χ3n) is 1.83. The van der Waals surface area contributed by atoms with E-state index < -0.39 is 6.43 Å². The van der Waals surface area contributed by atoms with Crippen LogP contribution in [-0.4, -0.2) is 12.2 Å². The van der Waals surface area contributed by atoms with Crippen molar-refractivity contribution >= 4 is 5.78 Å². The lowest BCUT2D eigenvalue weighted by molar-refractivity contribution is -0.116. The van der Waals surface area contributed by atoms with Crippen LogP contribution in [0.3, 0.4) is 0 Å². The van der Waals surface area contributed by atoms with E-state index in [1.54, 1.807) is 24.3 Å². The van der Waals surface area contributed by atoms with Gasteiger partial charge in [-0.15, -0.1) is 0 Å². The summed E-state index contributed by atoms with van der Waals surface area (Å²) in [6, 6.07) is 6.79. The average molecular weight is 198 g/mol. The molecule has 3 heteroatoms. The van der Waals surface area contributed by atoms with Gasteiger partial charge in [0.1, 0.15) is 5.78 Å². The number of halogens is 2. The largest absolute Gasteiger partial charge is 0.300 e. The van der Waals surface area contributed by atoms with Gasteiger partial charge in [0, 0.05) is 12.8 Å². The second kappa shape index (κ2) is 4.84. The second-order valence-electron chi connectivity index (χ2n) is 3.29. The number of carbonyl (C=O) groups excluding carboxylic acids is 1. The van der Waals surface area contributed by atoms with Gasteiger partial charge in [-0.1, -0.05) is 24.3 Å². The van der Waals surface area contributed by atoms with Crippen molar-refractivity contribution < 1.29 is 13.6 Å². The first kappa shape index (κ1) is 10.8. The summed E-state index contributed by atoms with van der Waals surface area (Å²) in [6.45, 7) is 1.49. The fourth-order valence-corrected chi connectivity index (χ4v) is 1.33. The third-order valence-corrected chi connectivity index (χ3v) is 1.83. The van der Waals surface area contributed by atoms with Gasteiger partial charge >= 0.3 is 0 Å². The predicted octanol–water partition coefficient (Wildman–Crippen LogP) is 2.63. The highest BCUT2D eigenvalue weighted by Gasteiger charge is 2.05. The Balaban J connectivity index is 2.73. The normalized spacial score (nSPS) is 10.6. The molecule has 0 N–H and O–H groups in total. The van der Waals surface area contributed by atoms with Crippen LogP contribution in [0.25, 0.3) is 0 Å². The summed E-state index contributed by atoms with van der Waals surface area (Å²) >= 11 is 0. The zero-order valence-electron chi connectivity index (χ0n) is 7.97. The molecule has 0 aliphatic heterocycles. The molecule has 0 spiro atoms. The SMILES string of the molecule is CC(=O)Cc1cccc(CC(F)F)c1. The molecule has 0 aliphatic carbocycles. The lowest BCUT2D eigenvalue weighted by atomic mass is 10.0. The first-order chi connectivity index (χ1) is 6.58. The van der Waals surface area contributed by atoms with Crippen LogP contribution in [0.2, 0.25) is 0 Å². The Morgan fingerprint density at radius 1 is 1.36 bits per heavy atom. The minimum Gasteiger partial charge on any atom is -0.300 e. The van der Waals surface area contributed by atoms with Gasteiger partial charge < -0.3 is 0 Å². The average Bonchev–Trinajstić information content (AvgIpc) is 2.01. The topological polar surface area (TPSA) is 17.1 Å². The van der Waals surface area contributed by atoms with Gasteiger partial charge in [-0.25, -0.2) is 8.78 Å². The van der Waals surface area contributed by atoms with Gasteiger partial charge in [0.15, 0.2) is 0 Å². The summed E-state index contributed by atoms with van der Waals surface area (Å²) in [5.74, 6) is 0.0409. The number of carbonyl (C=O) groups is 1. The quantitative estimate of drug-likeness (QED) is 0.726. The molecular formula is C11H12F2O. The van der Waals surface area contributed by atoms with Gasteiger partial charge in [0.05, 0.1) is 0 Å². The van der Waals surface area contributed by atoms with E-state index in [4.69, 9.17) is 0 Å².